The number of ketones is 1. The Kier molecular flexibility index (Phi) is 7.04. The summed E-state index contributed by atoms with van der Waals surface area (Å²) in [6, 6.07) is 5.18. The fourth-order valence-electron chi connectivity index (χ4n) is 1.83. The summed E-state index contributed by atoms with van der Waals surface area (Å²) in [6.07, 6.45) is 1.02. The average Bonchev–Trinajstić information content (AvgIpc) is 2.40. The monoisotopic (exact) mass is 279 g/mol. The molecule has 0 aromatic heterocycles. The minimum absolute atomic E-state index is 0.0459. The van der Waals surface area contributed by atoms with Crippen LogP contribution in [-0.4, -0.2) is 51.0 Å². The van der Waals surface area contributed by atoms with Gasteiger partial charge in [-0.2, -0.15) is 0 Å². The van der Waals surface area contributed by atoms with Crippen molar-refractivity contribution < 1.29 is 9.53 Å². The predicted molar refractivity (Wildman–Crippen MR) is 82.4 cm³/mol. The predicted octanol–water partition coefficient (Wildman–Crippen LogP) is 1.39. The van der Waals surface area contributed by atoms with Crippen LogP contribution in [0.25, 0.3) is 0 Å². The second-order valence-electron chi connectivity index (χ2n) is 4.94. The van der Waals surface area contributed by atoms with Gasteiger partial charge in [-0.05, 0) is 58.7 Å². The second-order valence-corrected chi connectivity index (χ2v) is 4.94. The van der Waals surface area contributed by atoms with E-state index in [0.29, 0.717) is 30.2 Å². The largest absolute Gasteiger partial charge is 0.492 e. The van der Waals surface area contributed by atoms with E-state index in [4.69, 9.17) is 10.5 Å². The number of hydrogen-bond acceptors (Lipinski definition) is 5. The van der Waals surface area contributed by atoms with Crippen LogP contribution in [0.2, 0.25) is 0 Å². The normalized spacial score (nSPS) is 10.8. The molecule has 0 unspecified atom stereocenters. The molecular weight excluding hydrogens is 254 g/mol. The fourth-order valence-corrected chi connectivity index (χ4v) is 1.83. The molecule has 0 aliphatic heterocycles. The molecule has 1 rings (SSSR count). The van der Waals surface area contributed by atoms with Crippen LogP contribution in [0.4, 0.5) is 5.69 Å². The van der Waals surface area contributed by atoms with Crippen molar-refractivity contribution in [1.82, 2.24) is 10.2 Å². The fraction of sp³-hybridized carbons (Fsp3) is 0.533. The molecule has 0 radical (unpaired) electrons. The number of anilines is 1. The van der Waals surface area contributed by atoms with E-state index in [2.05, 4.69) is 10.2 Å². The first kappa shape index (κ1) is 16.5. The average molecular weight is 279 g/mol. The lowest BCUT2D eigenvalue weighted by Crippen LogP contribution is -2.26. The van der Waals surface area contributed by atoms with Crippen molar-refractivity contribution in [3.05, 3.63) is 23.8 Å². The molecule has 5 nitrogen and oxygen atoms in total. The Bertz CT molecular complexity index is 433. The van der Waals surface area contributed by atoms with Crippen molar-refractivity contribution in [2.24, 2.45) is 0 Å². The number of benzene rings is 1. The molecule has 0 saturated heterocycles. The minimum Gasteiger partial charge on any atom is -0.492 e. The lowest BCUT2D eigenvalue weighted by Gasteiger charge is -2.10. The lowest BCUT2D eigenvalue weighted by atomic mass is 10.1. The minimum atomic E-state index is 0.0459. The third kappa shape index (κ3) is 5.59. The first-order valence-corrected chi connectivity index (χ1v) is 6.95. The molecule has 0 spiro atoms. The van der Waals surface area contributed by atoms with E-state index in [9.17, 15) is 4.79 Å². The van der Waals surface area contributed by atoms with E-state index in [1.807, 2.05) is 21.0 Å². The van der Waals surface area contributed by atoms with Crippen molar-refractivity contribution in [2.45, 2.75) is 13.3 Å². The first-order valence-electron chi connectivity index (χ1n) is 6.95. The second kappa shape index (κ2) is 8.55. The van der Waals surface area contributed by atoms with Crippen LogP contribution >= 0.6 is 0 Å². The van der Waals surface area contributed by atoms with Gasteiger partial charge in [0.25, 0.3) is 0 Å². The highest BCUT2D eigenvalue weighted by Gasteiger charge is 2.08. The maximum Gasteiger partial charge on any atom is 0.176 e. The summed E-state index contributed by atoms with van der Waals surface area (Å²) in [6.45, 7) is 4.63. The molecule has 0 aliphatic carbocycles. The standard InChI is InChI=1S/C15H25N3O2/c1-4-20-15-7-6-12(10-13(15)16)14(19)11-17-8-5-9-18(2)3/h6-7,10,17H,4-5,8-9,11,16H2,1-3H3. The molecule has 112 valence electrons. The van der Waals surface area contributed by atoms with Crippen LogP contribution in [0.1, 0.15) is 23.7 Å². The molecule has 5 heteroatoms. The van der Waals surface area contributed by atoms with Crippen molar-refractivity contribution in [1.29, 1.82) is 0 Å². The molecule has 3 N–H and O–H groups in total. The molecular formula is C15H25N3O2. The van der Waals surface area contributed by atoms with E-state index < -0.39 is 0 Å². The van der Waals surface area contributed by atoms with E-state index in [-0.39, 0.29) is 5.78 Å². The van der Waals surface area contributed by atoms with Crippen LogP contribution in [0.15, 0.2) is 18.2 Å². The number of carbonyl (C=O) groups excluding carboxylic acids is 1. The number of Topliss-reactive ketones (excluding diaryl/α,β-unsaturated/α-hetero) is 1. The smallest absolute Gasteiger partial charge is 0.176 e. The molecule has 0 fully saturated rings. The highest BCUT2D eigenvalue weighted by Crippen LogP contribution is 2.22. The Labute approximate surface area is 121 Å². The van der Waals surface area contributed by atoms with Gasteiger partial charge in [-0.15, -0.1) is 0 Å². The van der Waals surface area contributed by atoms with Gasteiger partial charge < -0.3 is 20.7 Å². The van der Waals surface area contributed by atoms with Gasteiger partial charge in [0.1, 0.15) is 5.75 Å². The highest BCUT2D eigenvalue weighted by molar-refractivity contribution is 5.98. The SMILES string of the molecule is CCOc1ccc(C(=O)CNCCCN(C)C)cc1N. The number of carbonyl (C=O) groups is 1. The number of nitrogen functional groups attached to an aromatic ring is 1. The molecule has 0 aliphatic rings. The Morgan fingerprint density at radius 2 is 2.15 bits per heavy atom. The summed E-state index contributed by atoms with van der Waals surface area (Å²) in [4.78, 5) is 14.1. The van der Waals surface area contributed by atoms with Crippen LogP contribution in [0.3, 0.4) is 0 Å². The number of rotatable bonds is 9. The molecule has 0 amide bonds. The molecule has 0 atom stereocenters. The maximum atomic E-state index is 12.0. The van der Waals surface area contributed by atoms with Gasteiger partial charge in [0.2, 0.25) is 0 Å². The van der Waals surface area contributed by atoms with Crippen molar-refractivity contribution in [2.75, 3.05) is 46.1 Å². The Morgan fingerprint density at radius 3 is 2.75 bits per heavy atom. The van der Waals surface area contributed by atoms with E-state index >= 15 is 0 Å². The summed E-state index contributed by atoms with van der Waals surface area (Å²) < 4.78 is 5.35. The molecule has 0 bridgehead atoms. The lowest BCUT2D eigenvalue weighted by molar-refractivity contribution is 0.0991. The van der Waals surface area contributed by atoms with E-state index in [0.717, 1.165) is 19.5 Å². The molecule has 0 saturated carbocycles. The van der Waals surface area contributed by atoms with Gasteiger partial charge in [-0.1, -0.05) is 0 Å². The third-order valence-corrected chi connectivity index (χ3v) is 2.88. The van der Waals surface area contributed by atoms with Gasteiger partial charge in [-0.3, -0.25) is 4.79 Å². The summed E-state index contributed by atoms with van der Waals surface area (Å²) in [5.41, 5.74) is 6.97. The summed E-state index contributed by atoms with van der Waals surface area (Å²) in [7, 11) is 4.07. The third-order valence-electron chi connectivity index (χ3n) is 2.88. The zero-order valence-corrected chi connectivity index (χ0v) is 12.6. The zero-order valence-electron chi connectivity index (χ0n) is 12.6. The highest BCUT2D eigenvalue weighted by atomic mass is 16.5. The molecule has 1 aromatic carbocycles. The Balaban J connectivity index is 2.41. The van der Waals surface area contributed by atoms with Crippen molar-refractivity contribution in [3.63, 3.8) is 0 Å². The van der Waals surface area contributed by atoms with Crippen LogP contribution < -0.4 is 15.8 Å². The molecule has 20 heavy (non-hydrogen) atoms. The van der Waals surface area contributed by atoms with Gasteiger partial charge in [-0.25, -0.2) is 0 Å². The summed E-state index contributed by atoms with van der Waals surface area (Å²) >= 11 is 0. The van der Waals surface area contributed by atoms with E-state index in [1.165, 1.54) is 0 Å². The number of hydrogen-bond donors (Lipinski definition) is 2. The topological polar surface area (TPSA) is 67.6 Å². The Hall–Kier alpha value is -1.59. The van der Waals surface area contributed by atoms with Crippen LogP contribution in [-0.2, 0) is 0 Å². The van der Waals surface area contributed by atoms with Crippen LogP contribution in [0.5, 0.6) is 5.75 Å². The van der Waals surface area contributed by atoms with E-state index in [1.54, 1.807) is 18.2 Å². The maximum absolute atomic E-state index is 12.0. The Morgan fingerprint density at radius 1 is 1.40 bits per heavy atom. The summed E-state index contributed by atoms with van der Waals surface area (Å²) in [5, 5.41) is 3.15. The quantitative estimate of drug-likeness (QED) is 0.406. The zero-order chi connectivity index (χ0) is 15.0. The van der Waals surface area contributed by atoms with Gasteiger partial charge in [0.15, 0.2) is 5.78 Å². The van der Waals surface area contributed by atoms with Crippen molar-refractivity contribution in [3.8, 4) is 5.75 Å². The number of nitrogens with one attached hydrogen (secondary N) is 1. The van der Waals surface area contributed by atoms with Gasteiger partial charge in [0.05, 0.1) is 18.8 Å². The molecule has 1 aromatic rings. The van der Waals surface area contributed by atoms with Gasteiger partial charge >= 0.3 is 0 Å². The summed E-state index contributed by atoms with van der Waals surface area (Å²) in [5.74, 6) is 0.674. The van der Waals surface area contributed by atoms with Crippen LogP contribution in [0, 0.1) is 0 Å². The first-order chi connectivity index (χ1) is 9.54. The number of nitrogens with two attached hydrogens (primary N) is 1. The van der Waals surface area contributed by atoms with Gasteiger partial charge in [0, 0.05) is 5.56 Å². The number of ether oxygens (including phenoxy) is 1. The number of nitrogens with zero attached hydrogens (tertiary/aromatic N) is 1. The molecule has 0 heterocycles. The van der Waals surface area contributed by atoms with Crippen molar-refractivity contribution >= 4 is 11.5 Å².